The molecule has 0 heterocycles. The molecule has 0 aromatic heterocycles. The SMILES string of the molecule is Nc1cccc(NCCS(=O)(=O)CCO)c1. The smallest absolute Gasteiger partial charge is 0.154 e. The van der Waals surface area contributed by atoms with Crippen LogP contribution < -0.4 is 11.1 Å². The van der Waals surface area contributed by atoms with Crippen LogP contribution in [-0.2, 0) is 9.84 Å². The zero-order valence-electron chi connectivity index (χ0n) is 8.89. The first-order chi connectivity index (χ1) is 7.53. The van der Waals surface area contributed by atoms with Crippen molar-refractivity contribution in [3.8, 4) is 0 Å². The Balaban J connectivity index is 2.42. The van der Waals surface area contributed by atoms with Crippen LogP contribution >= 0.6 is 0 Å². The predicted molar refractivity (Wildman–Crippen MR) is 65.1 cm³/mol. The number of aliphatic hydroxyl groups excluding tert-OH is 1. The van der Waals surface area contributed by atoms with Gasteiger partial charge in [0.1, 0.15) is 0 Å². The number of hydrogen-bond donors (Lipinski definition) is 3. The molecule has 90 valence electrons. The van der Waals surface area contributed by atoms with Gasteiger partial charge in [-0.25, -0.2) is 8.42 Å². The minimum absolute atomic E-state index is 0.00234. The van der Waals surface area contributed by atoms with Gasteiger partial charge in [-0.15, -0.1) is 0 Å². The molecule has 1 aromatic carbocycles. The maximum absolute atomic E-state index is 11.3. The average Bonchev–Trinajstić information content (AvgIpc) is 2.17. The molecule has 5 nitrogen and oxygen atoms in total. The third-order valence-corrected chi connectivity index (χ3v) is 3.66. The molecule has 1 aromatic rings. The molecule has 0 radical (unpaired) electrons. The Labute approximate surface area is 95.2 Å². The van der Waals surface area contributed by atoms with Gasteiger partial charge in [0.25, 0.3) is 0 Å². The summed E-state index contributed by atoms with van der Waals surface area (Å²) >= 11 is 0. The summed E-state index contributed by atoms with van der Waals surface area (Å²) in [6, 6.07) is 7.10. The highest BCUT2D eigenvalue weighted by atomic mass is 32.2. The van der Waals surface area contributed by atoms with Crippen molar-refractivity contribution in [2.75, 3.05) is 35.7 Å². The Hall–Kier alpha value is -1.27. The number of sulfone groups is 1. The largest absolute Gasteiger partial charge is 0.399 e. The number of nitrogen functional groups attached to an aromatic ring is 1. The van der Waals surface area contributed by atoms with E-state index in [9.17, 15) is 8.42 Å². The van der Waals surface area contributed by atoms with Crippen molar-refractivity contribution in [2.24, 2.45) is 0 Å². The zero-order chi connectivity index (χ0) is 12.0. The van der Waals surface area contributed by atoms with Gasteiger partial charge in [0.2, 0.25) is 0 Å². The van der Waals surface area contributed by atoms with E-state index < -0.39 is 9.84 Å². The fraction of sp³-hybridized carbons (Fsp3) is 0.400. The van der Waals surface area contributed by atoms with Gasteiger partial charge in [0.15, 0.2) is 9.84 Å². The number of nitrogens with two attached hydrogens (primary N) is 1. The van der Waals surface area contributed by atoms with Gasteiger partial charge in [-0.3, -0.25) is 0 Å². The Bertz CT molecular complexity index is 431. The molecule has 0 fully saturated rings. The lowest BCUT2D eigenvalue weighted by Gasteiger charge is -2.07. The van der Waals surface area contributed by atoms with E-state index in [0.29, 0.717) is 12.2 Å². The molecule has 0 saturated heterocycles. The number of nitrogens with one attached hydrogen (secondary N) is 1. The van der Waals surface area contributed by atoms with E-state index in [1.54, 1.807) is 18.2 Å². The van der Waals surface area contributed by atoms with Gasteiger partial charge < -0.3 is 16.2 Å². The molecule has 0 saturated carbocycles. The fourth-order valence-corrected chi connectivity index (χ4v) is 2.14. The number of hydrogen-bond acceptors (Lipinski definition) is 5. The number of anilines is 2. The first kappa shape index (κ1) is 12.8. The fourth-order valence-electron chi connectivity index (χ4n) is 1.24. The highest BCUT2D eigenvalue weighted by Crippen LogP contribution is 2.11. The minimum Gasteiger partial charge on any atom is -0.399 e. The first-order valence-corrected chi connectivity index (χ1v) is 6.76. The molecule has 4 N–H and O–H groups in total. The second-order valence-electron chi connectivity index (χ2n) is 3.43. The van der Waals surface area contributed by atoms with Crippen LogP contribution in [0, 0.1) is 0 Å². The minimum atomic E-state index is -3.16. The Morgan fingerprint density at radius 1 is 1.31 bits per heavy atom. The highest BCUT2D eigenvalue weighted by Gasteiger charge is 2.08. The number of rotatable bonds is 6. The van der Waals surface area contributed by atoms with Crippen molar-refractivity contribution >= 4 is 21.2 Å². The van der Waals surface area contributed by atoms with Crippen molar-refractivity contribution in [3.05, 3.63) is 24.3 Å². The molecule has 6 heteroatoms. The summed E-state index contributed by atoms with van der Waals surface area (Å²) in [6.07, 6.45) is 0. The molecule has 0 spiro atoms. The maximum atomic E-state index is 11.3. The Morgan fingerprint density at radius 3 is 2.69 bits per heavy atom. The van der Waals surface area contributed by atoms with E-state index in [1.807, 2.05) is 6.07 Å². The van der Waals surface area contributed by atoms with Gasteiger partial charge >= 0.3 is 0 Å². The monoisotopic (exact) mass is 244 g/mol. The highest BCUT2D eigenvalue weighted by molar-refractivity contribution is 7.91. The Morgan fingerprint density at radius 2 is 2.06 bits per heavy atom. The second-order valence-corrected chi connectivity index (χ2v) is 5.73. The van der Waals surface area contributed by atoms with E-state index in [-0.39, 0.29) is 18.1 Å². The number of aliphatic hydroxyl groups is 1. The van der Waals surface area contributed by atoms with Gasteiger partial charge in [-0.05, 0) is 18.2 Å². The molecule has 0 amide bonds. The predicted octanol–water partition coefficient (Wildman–Crippen LogP) is 0.0878. The van der Waals surface area contributed by atoms with Crippen LogP contribution in [0.15, 0.2) is 24.3 Å². The molecule has 0 atom stereocenters. The summed E-state index contributed by atoms with van der Waals surface area (Å²) in [5.74, 6) is -0.187. The van der Waals surface area contributed by atoms with E-state index in [1.165, 1.54) is 0 Å². The third-order valence-electron chi connectivity index (χ3n) is 2.03. The number of benzene rings is 1. The van der Waals surface area contributed by atoms with E-state index in [2.05, 4.69) is 5.32 Å². The summed E-state index contributed by atoms with van der Waals surface area (Å²) in [5, 5.41) is 11.5. The van der Waals surface area contributed by atoms with Crippen LogP contribution in [-0.4, -0.2) is 38.2 Å². The van der Waals surface area contributed by atoms with Gasteiger partial charge in [0.05, 0.1) is 18.1 Å². The molecule has 16 heavy (non-hydrogen) atoms. The third kappa shape index (κ3) is 4.50. The lowest BCUT2D eigenvalue weighted by atomic mass is 10.3. The van der Waals surface area contributed by atoms with Crippen molar-refractivity contribution < 1.29 is 13.5 Å². The molecule has 0 unspecified atom stereocenters. The standard InChI is InChI=1S/C10H16N2O3S/c11-9-2-1-3-10(8-9)12-4-6-16(14,15)7-5-13/h1-3,8,12-13H,4-7,11H2. The summed E-state index contributed by atoms with van der Waals surface area (Å²) in [5.41, 5.74) is 6.99. The molecular weight excluding hydrogens is 228 g/mol. The van der Waals surface area contributed by atoms with Crippen molar-refractivity contribution in [1.29, 1.82) is 0 Å². The molecule has 0 aliphatic heterocycles. The molecule has 1 rings (SSSR count). The first-order valence-electron chi connectivity index (χ1n) is 4.94. The van der Waals surface area contributed by atoms with Gasteiger partial charge in [0, 0.05) is 17.9 Å². The average molecular weight is 244 g/mol. The topological polar surface area (TPSA) is 92.4 Å². The zero-order valence-corrected chi connectivity index (χ0v) is 9.70. The van der Waals surface area contributed by atoms with Crippen LogP contribution in [0.4, 0.5) is 11.4 Å². The second kappa shape index (κ2) is 5.72. The van der Waals surface area contributed by atoms with Crippen LogP contribution in [0.2, 0.25) is 0 Å². The van der Waals surface area contributed by atoms with Crippen LogP contribution in [0.1, 0.15) is 0 Å². The summed E-state index contributed by atoms with van der Waals surface area (Å²) in [7, 11) is -3.16. The summed E-state index contributed by atoms with van der Waals surface area (Å²) in [6.45, 7) is -0.0214. The van der Waals surface area contributed by atoms with Gasteiger partial charge in [-0.1, -0.05) is 6.07 Å². The lowest BCUT2D eigenvalue weighted by Crippen LogP contribution is -2.20. The van der Waals surface area contributed by atoms with Gasteiger partial charge in [-0.2, -0.15) is 0 Å². The summed E-state index contributed by atoms with van der Waals surface area (Å²) in [4.78, 5) is 0. The van der Waals surface area contributed by atoms with Crippen molar-refractivity contribution in [2.45, 2.75) is 0 Å². The molecule has 0 aliphatic rings. The normalized spacial score (nSPS) is 11.3. The van der Waals surface area contributed by atoms with E-state index in [0.717, 1.165) is 5.69 Å². The van der Waals surface area contributed by atoms with Crippen LogP contribution in [0.5, 0.6) is 0 Å². The lowest BCUT2D eigenvalue weighted by molar-refractivity contribution is 0.319. The maximum Gasteiger partial charge on any atom is 0.154 e. The van der Waals surface area contributed by atoms with Crippen molar-refractivity contribution in [3.63, 3.8) is 0 Å². The van der Waals surface area contributed by atoms with E-state index >= 15 is 0 Å². The van der Waals surface area contributed by atoms with Crippen molar-refractivity contribution in [1.82, 2.24) is 0 Å². The molecule has 0 aliphatic carbocycles. The Kier molecular flexibility index (Phi) is 4.57. The molecular formula is C10H16N2O3S. The van der Waals surface area contributed by atoms with E-state index in [4.69, 9.17) is 10.8 Å². The van der Waals surface area contributed by atoms with Crippen LogP contribution in [0.25, 0.3) is 0 Å². The summed E-state index contributed by atoms with van der Waals surface area (Å²) < 4.78 is 22.5. The molecule has 0 bridgehead atoms. The van der Waals surface area contributed by atoms with Crippen LogP contribution in [0.3, 0.4) is 0 Å². The quantitative estimate of drug-likeness (QED) is 0.617.